The summed E-state index contributed by atoms with van der Waals surface area (Å²) in [4.78, 5) is 0. The van der Waals surface area contributed by atoms with Gasteiger partial charge in [-0.2, -0.15) is 0 Å². The van der Waals surface area contributed by atoms with Crippen molar-refractivity contribution in [3.8, 4) is 0 Å². The lowest BCUT2D eigenvalue weighted by molar-refractivity contribution is 0.466. The third kappa shape index (κ3) is 3.20. The van der Waals surface area contributed by atoms with Crippen LogP contribution in [0.5, 0.6) is 0 Å². The minimum atomic E-state index is 0.359. The molecule has 2 nitrogen and oxygen atoms in total. The van der Waals surface area contributed by atoms with Gasteiger partial charge in [0.05, 0.1) is 0 Å². The fraction of sp³-hybridized carbons (Fsp3) is 0.500. The zero-order valence-electron chi connectivity index (χ0n) is 8.75. The van der Waals surface area contributed by atoms with E-state index in [2.05, 4.69) is 11.5 Å². The van der Waals surface area contributed by atoms with Crippen molar-refractivity contribution >= 4 is 11.6 Å². The van der Waals surface area contributed by atoms with Gasteiger partial charge in [0.1, 0.15) is 0 Å². The number of nitrogens with two attached hydrogens (primary N) is 1. The Morgan fingerprint density at radius 2 is 2.13 bits per heavy atom. The zero-order chi connectivity index (χ0) is 10.7. The maximum absolute atomic E-state index is 6.11. The van der Waals surface area contributed by atoms with Gasteiger partial charge < -0.3 is 0 Å². The summed E-state index contributed by atoms with van der Waals surface area (Å²) < 4.78 is 0. The molecular weight excluding hydrogens is 208 g/mol. The third-order valence-corrected chi connectivity index (χ3v) is 3.34. The number of halogens is 1. The second-order valence-electron chi connectivity index (χ2n) is 4.34. The third-order valence-electron chi connectivity index (χ3n) is 2.97. The summed E-state index contributed by atoms with van der Waals surface area (Å²) in [6.45, 7) is 0. The first-order valence-electron chi connectivity index (χ1n) is 5.49. The van der Waals surface area contributed by atoms with Gasteiger partial charge in [0.15, 0.2) is 0 Å². The van der Waals surface area contributed by atoms with Crippen LogP contribution in [0.25, 0.3) is 0 Å². The van der Waals surface area contributed by atoms with E-state index in [-0.39, 0.29) is 0 Å². The molecule has 1 aliphatic carbocycles. The SMILES string of the molecule is NNC(Cc1ccccc1Cl)CC1CC1. The highest BCUT2D eigenvalue weighted by Crippen LogP contribution is 2.34. The van der Waals surface area contributed by atoms with Crippen molar-refractivity contribution < 1.29 is 0 Å². The molecule has 1 aromatic rings. The van der Waals surface area contributed by atoms with Gasteiger partial charge in [-0.15, -0.1) is 0 Å². The van der Waals surface area contributed by atoms with E-state index >= 15 is 0 Å². The fourth-order valence-electron chi connectivity index (χ4n) is 1.90. The molecule has 1 fully saturated rings. The average molecular weight is 225 g/mol. The quantitative estimate of drug-likeness (QED) is 0.596. The van der Waals surface area contributed by atoms with E-state index < -0.39 is 0 Å². The Kier molecular flexibility index (Phi) is 3.62. The molecule has 2 rings (SSSR count). The summed E-state index contributed by atoms with van der Waals surface area (Å²) >= 11 is 6.11. The highest BCUT2D eigenvalue weighted by atomic mass is 35.5. The van der Waals surface area contributed by atoms with E-state index in [0.29, 0.717) is 6.04 Å². The van der Waals surface area contributed by atoms with E-state index in [1.165, 1.54) is 24.8 Å². The highest BCUT2D eigenvalue weighted by Gasteiger charge is 2.25. The van der Waals surface area contributed by atoms with Crippen LogP contribution in [-0.2, 0) is 6.42 Å². The van der Waals surface area contributed by atoms with E-state index in [9.17, 15) is 0 Å². The number of rotatable bonds is 5. The van der Waals surface area contributed by atoms with Gasteiger partial charge in [-0.25, -0.2) is 0 Å². The summed E-state index contributed by atoms with van der Waals surface area (Å²) in [5.74, 6) is 6.44. The monoisotopic (exact) mass is 224 g/mol. The molecule has 0 amide bonds. The summed E-state index contributed by atoms with van der Waals surface area (Å²) in [6.07, 6.45) is 4.82. The Hall–Kier alpha value is -0.570. The second kappa shape index (κ2) is 4.97. The molecule has 82 valence electrons. The molecule has 1 unspecified atom stereocenters. The first-order chi connectivity index (χ1) is 7.29. The van der Waals surface area contributed by atoms with Crippen molar-refractivity contribution in [3.05, 3.63) is 34.9 Å². The van der Waals surface area contributed by atoms with Crippen LogP contribution < -0.4 is 11.3 Å². The van der Waals surface area contributed by atoms with Crippen LogP contribution in [0, 0.1) is 5.92 Å². The van der Waals surface area contributed by atoms with Gasteiger partial charge in [0, 0.05) is 11.1 Å². The predicted octanol–water partition coefficient (Wildman–Crippen LogP) is 2.51. The highest BCUT2D eigenvalue weighted by molar-refractivity contribution is 6.31. The normalized spacial score (nSPS) is 17.7. The van der Waals surface area contributed by atoms with Gasteiger partial charge in [-0.1, -0.05) is 42.6 Å². The Labute approximate surface area is 95.8 Å². The molecule has 0 spiro atoms. The number of hydrogen-bond acceptors (Lipinski definition) is 2. The number of hydrogen-bond donors (Lipinski definition) is 2. The smallest absolute Gasteiger partial charge is 0.0438 e. The standard InChI is InChI=1S/C12H17ClN2/c13-12-4-2-1-3-10(12)8-11(15-14)7-9-5-6-9/h1-4,9,11,15H,5-8,14H2. The molecule has 3 N–H and O–H groups in total. The van der Waals surface area contributed by atoms with Crippen LogP contribution >= 0.6 is 11.6 Å². The molecule has 1 atom stereocenters. The van der Waals surface area contributed by atoms with Crippen LogP contribution in [0.2, 0.25) is 5.02 Å². The van der Waals surface area contributed by atoms with Crippen molar-refractivity contribution in [1.82, 2.24) is 5.43 Å². The molecule has 0 heterocycles. The van der Waals surface area contributed by atoms with E-state index in [1.54, 1.807) is 0 Å². The van der Waals surface area contributed by atoms with Gasteiger partial charge >= 0.3 is 0 Å². The number of nitrogens with one attached hydrogen (secondary N) is 1. The minimum Gasteiger partial charge on any atom is -0.271 e. The van der Waals surface area contributed by atoms with Crippen LogP contribution in [0.1, 0.15) is 24.8 Å². The fourth-order valence-corrected chi connectivity index (χ4v) is 2.11. The molecule has 0 bridgehead atoms. The molecule has 0 aliphatic heterocycles. The Morgan fingerprint density at radius 3 is 2.73 bits per heavy atom. The van der Waals surface area contributed by atoms with Crippen molar-refractivity contribution in [1.29, 1.82) is 0 Å². The van der Waals surface area contributed by atoms with E-state index in [4.69, 9.17) is 17.4 Å². The largest absolute Gasteiger partial charge is 0.271 e. The van der Waals surface area contributed by atoms with Gasteiger partial charge in [0.25, 0.3) is 0 Å². The Balaban J connectivity index is 1.95. The van der Waals surface area contributed by atoms with Crippen molar-refractivity contribution in [3.63, 3.8) is 0 Å². The lowest BCUT2D eigenvalue weighted by Crippen LogP contribution is -2.37. The topological polar surface area (TPSA) is 38.0 Å². The van der Waals surface area contributed by atoms with Crippen LogP contribution in [0.3, 0.4) is 0 Å². The second-order valence-corrected chi connectivity index (χ2v) is 4.75. The molecule has 0 saturated heterocycles. The molecule has 1 saturated carbocycles. The molecule has 3 heteroatoms. The summed E-state index contributed by atoms with van der Waals surface area (Å²) in [5, 5.41) is 0.841. The predicted molar refractivity (Wildman–Crippen MR) is 63.6 cm³/mol. The average Bonchev–Trinajstić information content (AvgIpc) is 3.04. The Bertz CT molecular complexity index is 323. The molecular formula is C12H17ClN2. The molecule has 1 aliphatic rings. The maximum Gasteiger partial charge on any atom is 0.0438 e. The van der Waals surface area contributed by atoms with Crippen LogP contribution in [0.15, 0.2) is 24.3 Å². The van der Waals surface area contributed by atoms with E-state index in [0.717, 1.165) is 17.4 Å². The number of hydrazine groups is 1. The molecule has 1 aromatic carbocycles. The van der Waals surface area contributed by atoms with Crippen molar-refractivity contribution in [2.24, 2.45) is 11.8 Å². The maximum atomic E-state index is 6.11. The van der Waals surface area contributed by atoms with Crippen LogP contribution in [0.4, 0.5) is 0 Å². The lowest BCUT2D eigenvalue weighted by atomic mass is 10.0. The zero-order valence-corrected chi connectivity index (χ0v) is 9.50. The number of benzene rings is 1. The van der Waals surface area contributed by atoms with Gasteiger partial charge in [-0.3, -0.25) is 11.3 Å². The molecule has 15 heavy (non-hydrogen) atoms. The Morgan fingerprint density at radius 1 is 1.40 bits per heavy atom. The molecule has 0 aromatic heterocycles. The van der Waals surface area contributed by atoms with Gasteiger partial charge in [0.2, 0.25) is 0 Å². The van der Waals surface area contributed by atoms with Crippen molar-refractivity contribution in [2.75, 3.05) is 0 Å². The van der Waals surface area contributed by atoms with Gasteiger partial charge in [-0.05, 0) is 30.4 Å². The summed E-state index contributed by atoms with van der Waals surface area (Å²) in [7, 11) is 0. The first kappa shape index (κ1) is 10.9. The van der Waals surface area contributed by atoms with Crippen LogP contribution in [-0.4, -0.2) is 6.04 Å². The molecule has 0 radical (unpaired) electrons. The lowest BCUT2D eigenvalue weighted by Gasteiger charge is -2.16. The van der Waals surface area contributed by atoms with Crippen molar-refractivity contribution in [2.45, 2.75) is 31.7 Å². The van der Waals surface area contributed by atoms with E-state index in [1.807, 2.05) is 18.2 Å². The summed E-state index contributed by atoms with van der Waals surface area (Å²) in [6, 6.07) is 8.34. The first-order valence-corrected chi connectivity index (χ1v) is 5.87. The summed E-state index contributed by atoms with van der Waals surface area (Å²) in [5.41, 5.74) is 4.07. The minimum absolute atomic E-state index is 0.359.